The van der Waals surface area contributed by atoms with Gasteiger partial charge in [0, 0.05) is 10.9 Å². The molecule has 0 bridgehead atoms. The Morgan fingerprint density at radius 3 is 2.79 bits per heavy atom. The Kier molecular flexibility index (Phi) is 4.63. The molecular weight excluding hydrogens is 369 g/mol. The second-order valence-electron chi connectivity index (χ2n) is 4.74. The monoisotopic (exact) mass is 377 g/mol. The van der Waals surface area contributed by atoms with Crippen LogP contribution in [0.25, 0.3) is 10.1 Å². The smallest absolute Gasteiger partial charge is 0.338 e. The maximum atomic E-state index is 11.2. The molecule has 7 heteroatoms. The molecular formula is C17H9Cl2NO3S. The highest BCUT2D eigenvalue weighted by atomic mass is 35.5. The van der Waals surface area contributed by atoms with E-state index in [9.17, 15) is 9.90 Å². The molecule has 0 saturated carbocycles. The number of carbonyl (C=O) groups is 1. The topological polar surface area (TPSA) is 59.4 Å². The third-order valence-electron chi connectivity index (χ3n) is 3.27. The highest BCUT2D eigenvalue weighted by Gasteiger charge is 2.20. The first-order chi connectivity index (χ1) is 11.5. The maximum Gasteiger partial charge on any atom is 0.338 e. The number of benzene rings is 2. The summed E-state index contributed by atoms with van der Waals surface area (Å²) in [7, 11) is 1.59. The minimum absolute atomic E-state index is 0.0598. The minimum Gasteiger partial charge on any atom is -0.497 e. The summed E-state index contributed by atoms with van der Waals surface area (Å²) in [6.45, 7) is 0. The molecule has 0 aliphatic heterocycles. The van der Waals surface area contributed by atoms with Gasteiger partial charge in [-0.15, -0.1) is 0 Å². The molecule has 2 aromatic carbocycles. The number of hydrogen-bond donors (Lipinski definition) is 1. The van der Waals surface area contributed by atoms with Crippen molar-refractivity contribution in [1.29, 1.82) is 0 Å². The largest absolute Gasteiger partial charge is 0.497 e. The van der Waals surface area contributed by atoms with Gasteiger partial charge >= 0.3 is 5.97 Å². The average molecular weight is 378 g/mol. The standard InChI is InChI=1S/C17H9Cl2NO3S/c1-23-10-4-2-3-9(7-10)5-6-13-11-8-12(18)14(17(21)22)15(19)16(11)24-20-13/h2-4,7-8H,1H3,(H,21,22). The third-order valence-corrected chi connectivity index (χ3v) is 4.93. The van der Waals surface area contributed by atoms with Crippen molar-refractivity contribution in [1.82, 2.24) is 4.37 Å². The van der Waals surface area contributed by atoms with E-state index in [2.05, 4.69) is 16.2 Å². The summed E-state index contributed by atoms with van der Waals surface area (Å²) < 4.78 is 9.96. The summed E-state index contributed by atoms with van der Waals surface area (Å²) in [6.07, 6.45) is 0. The van der Waals surface area contributed by atoms with Crippen molar-refractivity contribution in [3.05, 3.63) is 57.2 Å². The summed E-state index contributed by atoms with van der Waals surface area (Å²) in [5.41, 5.74) is 1.15. The molecule has 4 nitrogen and oxygen atoms in total. The van der Waals surface area contributed by atoms with Crippen molar-refractivity contribution in [2.45, 2.75) is 0 Å². The van der Waals surface area contributed by atoms with Gasteiger partial charge in [-0.25, -0.2) is 4.79 Å². The molecule has 0 saturated heterocycles. The molecule has 0 amide bonds. The van der Waals surface area contributed by atoms with Gasteiger partial charge in [-0.2, -0.15) is 4.37 Å². The van der Waals surface area contributed by atoms with Crippen LogP contribution in [0.3, 0.4) is 0 Å². The molecule has 24 heavy (non-hydrogen) atoms. The summed E-state index contributed by atoms with van der Waals surface area (Å²) in [6, 6.07) is 8.87. The molecule has 3 rings (SSSR count). The Balaban J connectivity index is 2.09. The zero-order valence-corrected chi connectivity index (χ0v) is 14.6. The molecule has 0 unspecified atom stereocenters. The number of ether oxygens (including phenoxy) is 1. The first kappa shape index (κ1) is 16.6. The Labute approximate surface area is 151 Å². The van der Waals surface area contributed by atoms with Crippen LogP contribution in [-0.2, 0) is 0 Å². The molecule has 0 aliphatic carbocycles. The van der Waals surface area contributed by atoms with E-state index in [0.717, 1.165) is 17.1 Å². The lowest BCUT2D eigenvalue weighted by atomic mass is 10.1. The summed E-state index contributed by atoms with van der Waals surface area (Å²) in [4.78, 5) is 11.2. The fraction of sp³-hybridized carbons (Fsp3) is 0.0588. The Morgan fingerprint density at radius 2 is 2.08 bits per heavy atom. The average Bonchev–Trinajstić information content (AvgIpc) is 2.96. The second kappa shape index (κ2) is 6.70. The van der Waals surface area contributed by atoms with E-state index in [-0.39, 0.29) is 15.6 Å². The van der Waals surface area contributed by atoms with Crippen LogP contribution in [0.1, 0.15) is 21.6 Å². The number of carboxylic acids is 1. The van der Waals surface area contributed by atoms with Crippen LogP contribution in [0.2, 0.25) is 10.0 Å². The second-order valence-corrected chi connectivity index (χ2v) is 6.30. The Morgan fingerprint density at radius 1 is 1.29 bits per heavy atom. The van der Waals surface area contributed by atoms with Gasteiger partial charge in [0.1, 0.15) is 11.4 Å². The van der Waals surface area contributed by atoms with E-state index in [1.54, 1.807) is 7.11 Å². The fourth-order valence-electron chi connectivity index (χ4n) is 2.13. The van der Waals surface area contributed by atoms with Crippen LogP contribution in [0, 0.1) is 11.8 Å². The summed E-state index contributed by atoms with van der Waals surface area (Å²) in [5, 5.41) is 9.96. The molecule has 1 N–H and O–H groups in total. The summed E-state index contributed by atoms with van der Waals surface area (Å²) in [5.74, 6) is 5.50. The molecule has 1 heterocycles. The molecule has 0 aliphatic rings. The van der Waals surface area contributed by atoms with Gasteiger partial charge in [-0.1, -0.05) is 35.2 Å². The first-order valence-electron chi connectivity index (χ1n) is 6.68. The Bertz CT molecular complexity index is 1020. The number of fused-ring (bicyclic) bond motifs is 1. The molecule has 0 radical (unpaired) electrons. The van der Waals surface area contributed by atoms with Crippen LogP contribution in [0.5, 0.6) is 5.75 Å². The molecule has 0 fully saturated rings. The molecule has 120 valence electrons. The lowest BCUT2D eigenvalue weighted by molar-refractivity contribution is 0.0697. The Hall–Kier alpha value is -2.26. The lowest BCUT2D eigenvalue weighted by Crippen LogP contribution is -1.98. The predicted octanol–water partition coefficient (Wildman–Crippen LogP) is 4.71. The zero-order valence-electron chi connectivity index (χ0n) is 12.3. The van der Waals surface area contributed by atoms with E-state index in [4.69, 9.17) is 27.9 Å². The third kappa shape index (κ3) is 3.04. The van der Waals surface area contributed by atoms with Gasteiger partial charge in [0.05, 0.1) is 27.4 Å². The number of aromatic carboxylic acids is 1. The maximum absolute atomic E-state index is 11.2. The number of rotatable bonds is 2. The van der Waals surface area contributed by atoms with Gasteiger partial charge in [-0.05, 0) is 41.7 Å². The van der Waals surface area contributed by atoms with Crippen LogP contribution in [0.4, 0.5) is 0 Å². The number of nitrogens with zero attached hydrogens (tertiary/aromatic N) is 1. The molecule has 1 aromatic heterocycles. The molecule has 0 spiro atoms. The van der Waals surface area contributed by atoms with E-state index in [0.29, 0.717) is 21.5 Å². The highest BCUT2D eigenvalue weighted by molar-refractivity contribution is 7.14. The molecule has 0 atom stereocenters. The minimum atomic E-state index is -1.18. The van der Waals surface area contributed by atoms with Crippen molar-refractivity contribution >= 4 is 50.8 Å². The number of aromatic nitrogens is 1. The van der Waals surface area contributed by atoms with Crippen LogP contribution in [0.15, 0.2) is 30.3 Å². The van der Waals surface area contributed by atoms with Gasteiger partial charge in [0.15, 0.2) is 0 Å². The summed E-state index contributed by atoms with van der Waals surface area (Å²) >= 11 is 13.3. The highest BCUT2D eigenvalue weighted by Crippen LogP contribution is 2.36. The zero-order chi connectivity index (χ0) is 17.3. The molecule has 3 aromatic rings. The van der Waals surface area contributed by atoms with Crippen LogP contribution >= 0.6 is 34.7 Å². The van der Waals surface area contributed by atoms with E-state index < -0.39 is 5.97 Å². The normalized spacial score (nSPS) is 10.3. The predicted molar refractivity (Wildman–Crippen MR) is 95.6 cm³/mol. The van der Waals surface area contributed by atoms with E-state index in [1.807, 2.05) is 24.3 Å². The quantitative estimate of drug-likeness (QED) is 0.656. The van der Waals surface area contributed by atoms with Crippen molar-refractivity contribution in [2.24, 2.45) is 0 Å². The van der Waals surface area contributed by atoms with Crippen LogP contribution < -0.4 is 4.74 Å². The first-order valence-corrected chi connectivity index (χ1v) is 8.21. The van der Waals surface area contributed by atoms with Gasteiger partial charge in [0.25, 0.3) is 0 Å². The van der Waals surface area contributed by atoms with Crippen molar-refractivity contribution in [3.8, 4) is 17.6 Å². The van der Waals surface area contributed by atoms with Crippen LogP contribution in [-0.4, -0.2) is 22.6 Å². The van der Waals surface area contributed by atoms with Crippen molar-refractivity contribution in [2.75, 3.05) is 7.11 Å². The number of methoxy groups -OCH3 is 1. The van der Waals surface area contributed by atoms with Gasteiger partial charge in [-0.3, -0.25) is 0 Å². The van der Waals surface area contributed by atoms with E-state index in [1.165, 1.54) is 6.07 Å². The van der Waals surface area contributed by atoms with E-state index >= 15 is 0 Å². The number of halogens is 2. The number of carboxylic acid groups (broad SMARTS) is 1. The number of hydrogen-bond acceptors (Lipinski definition) is 4. The van der Waals surface area contributed by atoms with Crippen molar-refractivity contribution in [3.63, 3.8) is 0 Å². The van der Waals surface area contributed by atoms with Gasteiger partial charge in [0.2, 0.25) is 0 Å². The van der Waals surface area contributed by atoms with Crippen molar-refractivity contribution < 1.29 is 14.6 Å². The SMILES string of the molecule is COc1cccc(C#Cc2nsc3c(Cl)c(C(=O)O)c(Cl)cc23)c1. The fourth-order valence-corrected chi connectivity index (χ4v) is 3.61. The van der Waals surface area contributed by atoms with Gasteiger partial charge < -0.3 is 9.84 Å². The lowest BCUT2D eigenvalue weighted by Gasteiger charge is -2.02.